The van der Waals surface area contributed by atoms with Gasteiger partial charge in [-0.25, -0.2) is 0 Å². The van der Waals surface area contributed by atoms with E-state index in [-0.39, 0.29) is 0 Å². The highest BCUT2D eigenvalue weighted by Crippen LogP contribution is 2.31. The van der Waals surface area contributed by atoms with Crippen LogP contribution in [0.25, 0.3) is 0 Å². The highest BCUT2D eigenvalue weighted by atomic mass is 35.5. The average Bonchev–Trinajstić information content (AvgIpc) is 2.41. The van der Waals surface area contributed by atoms with Gasteiger partial charge in [-0.05, 0) is 61.7 Å². The smallest absolute Gasteiger partial charge is 0.0997 e. The Hall–Kier alpha value is -1.45. The first-order valence-corrected chi connectivity index (χ1v) is 7.47. The lowest BCUT2D eigenvalue weighted by atomic mass is 10.2. The molecule has 0 spiro atoms. The number of anilines is 1. The van der Waals surface area contributed by atoms with Crippen LogP contribution in [0.4, 0.5) is 5.69 Å². The molecular weight excluding hydrogens is 288 g/mol. The number of benzene rings is 2. The molecular formula is C16H17ClN2S. The Morgan fingerprint density at radius 3 is 2.40 bits per heavy atom. The molecule has 0 amide bonds. The normalized spacial score (nSPS) is 11.0. The van der Waals surface area contributed by atoms with E-state index in [1.165, 1.54) is 10.5 Å². The zero-order valence-electron chi connectivity index (χ0n) is 11.8. The van der Waals surface area contributed by atoms with E-state index in [4.69, 9.17) is 11.6 Å². The zero-order valence-corrected chi connectivity index (χ0v) is 13.4. The molecule has 2 aromatic rings. The molecule has 2 nitrogen and oxygen atoms in total. The predicted octanol–water partition coefficient (Wildman–Crippen LogP) is 5.13. The fourth-order valence-corrected chi connectivity index (χ4v) is 2.97. The zero-order chi connectivity index (χ0) is 14.5. The van der Waals surface area contributed by atoms with Crippen molar-refractivity contribution in [3.05, 3.63) is 58.6 Å². The first kappa shape index (κ1) is 14.9. The summed E-state index contributed by atoms with van der Waals surface area (Å²) in [6.45, 7) is 4.14. The molecule has 0 atom stereocenters. The third-order valence-corrected chi connectivity index (χ3v) is 4.05. The van der Waals surface area contributed by atoms with Gasteiger partial charge < -0.3 is 0 Å². The lowest BCUT2D eigenvalue weighted by Gasteiger charge is -2.20. The van der Waals surface area contributed by atoms with Gasteiger partial charge in [-0.15, -0.1) is 0 Å². The number of rotatable bonds is 4. The van der Waals surface area contributed by atoms with E-state index in [0.29, 0.717) is 0 Å². The van der Waals surface area contributed by atoms with Gasteiger partial charge in [-0.3, -0.25) is 9.30 Å². The Balaban J connectivity index is 2.29. The molecule has 4 heteroatoms. The lowest BCUT2D eigenvalue weighted by molar-refractivity contribution is 1.35. The van der Waals surface area contributed by atoms with E-state index < -0.39 is 0 Å². The standard InChI is InChI=1S/C16H17ClN2S/c1-12-4-7-15(8-5-12)20-19(11-18-3)16-9-6-14(17)10-13(16)2/h4-11H,1-3H3. The van der Waals surface area contributed by atoms with Crippen LogP contribution in [0.5, 0.6) is 0 Å². The molecule has 0 saturated carbocycles. The van der Waals surface area contributed by atoms with Gasteiger partial charge in [0.25, 0.3) is 0 Å². The summed E-state index contributed by atoms with van der Waals surface area (Å²) in [5.74, 6) is 0. The van der Waals surface area contributed by atoms with E-state index >= 15 is 0 Å². The van der Waals surface area contributed by atoms with Crippen molar-refractivity contribution in [2.45, 2.75) is 18.7 Å². The van der Waals surface area contributed by atoms with E-state index in [2.05, 4.69) is 40.5 Å². The maximum Gasteiger partial charge on any atom is 0.0997 e. The molecule has 2 rings (SSSR count). The summed E-state index contributed by atoms with van der Waals surface area (Å²) in [5.41, 5.74) is 3.47. The first-order valence-electron chi connectivity index (χ1n) is 6.32. The summed E-state index contributed by atoms with van der Waals surface area (Å²) in [7, 11) is 1.77. The molecule has 0 radical (unpaired) electrons. The predicted molar refractivity (Wildman–Crippen MR) is 90.1 cm³/mol. The maximum atomic E-state index is 6.02. The van der Waals surface area contributed by atoms with Crippen molar-refractivity contribution in [1.82, 2.24) is 0 Å². The molecule has 0 N–H and O–H groups in total. The summed E-state index contributed by atoms with van der Waals surface area (Å²) in [6.07, 6.45) is 1.82. The monoisotopic (exact) mass is 304 g/mol. The van der Waals surface area contributed by atoms with Crippen molar-refractivity contribution in [2.75, 3.05) is 11.4 Å². The first-order chi connectivity index (χ1) is 9.60. The van der Waals surface area contributed by atoms with Gasteiger partial charge in [0.1, 0.15) is 0 Å². The van der Waals surface area contributed by atoms with Crippen LogP contribution in [-0.4, -0.2) is 13.4 Å². The van der Waals surface area contributed by atoms with Crippen molar-refractivity contribution in [3.8, 4) is 0 Å². The number of nitrogens with zero attached hydrogens (tertiary/aromatic N) is 2. The number of aliphatic imine (C=N–C) groups is 1. The molecule has 104 valence electrons. The molecule has 0 fully saturated rings. The van der Waals surface area contributed by atoms with Gasteiger partial charge in [0.15, 0.2) is 0 Å². The third kappa shape index (κ3) is 3.78. The Kier molecular flexibility index (Phi) is 5.10. The molecule has 0 aliphatic heterocycles. The van der Waals surface area contributed by atoms with Crippen molar-refractivity contribution in [2.24, 2.45) is 4.99 Å². The Morgan fingerprint density at radius 2 is 1.80 bits per heavy atom. The van der Waals surface area contributed by atoms with Crippen LogP contribution < -0.4 is 4.31 Å². The van der Waals surface area contributed by atoms with Crippen molar-refractivity contribution in [1.29, 1.82) is 0 Å². The SMILES string of the molecule is CN=CN(Sc1ccc(C)cc1)c1ccc(Cl)cc1C. The number of halogens is 1. The molecule has 0 saturated heterocycles. The molecule has 0 aromatic heterocycles. The summed E-state index contributed by atoms with van der Waals surface area (Å²) in [4.78, 5) is 5.31. The molecule has 0 aliphatic carbocycles. The van der Waals surface area contributed by atoms with Crippen LogP contribution in [0.1, 0.15) is 11.1 Å². The second-order valence-corrected chi connectivity index (χ2v) is 6.02. The summed E-state index contributed by atoms with van der Waals surface area (Å²) >= 11 is 7.65. The number of hydrogen-bond donors (Lipinski definition) is 0. The molecule has 0 heterocycles. The quantitative estimate of drug-likeness (QED) is 0.442. The van der Waals surface area contributed by atoms with Crippen LogP contribution in [0.3, 0.4) is 0 Å². The van der Waals surface area contributed by atoms with Gasteiger partial charge >= 0.3 is 0 Å². The van der Waals surface area contributed by atoms with Crippen molar-refractivity contribution in [3.63, 3.8) is 0 Å². The Bertz CT molecular complexity index is 608. The third-order valence-electron chi connectivity index (χ3n) is 2.84. The summed E-state index contributed by atoms with van der Waals surface area (Å²) in [6, 6.07) is 14.3. The fourth-order valence-electron chi connectivity index (χ4n) is 1.82. The number of hydrogen-bond acceptors (Lipinski definition) is 2. The summed E-state index contributed by atoms with van der Waals surface area (Å²) in [5, 5.41) is 0.750. The van der Waals surface area contributed by atoms with Crippen molar-refractivity contribution < 1.29 is 0 Å². The van der Waals surface area contributed by atoms with E-state index in [1.54, 1.807) is 19.0 Å². The molecule has 2 aromatic carbocycles. The molecule has 20 heavy (non-hydrogen) atoms. The Labute approximate surface area is 129 Å². The second-order valence-electron chi connectivity index (χ2n) is 4.53. The molecule has 0 unspecified atom stereocenters. The van der Waals surface area contributed by atoms with Crippen LogP contribution in [0.2, 0.25) is 5.02 Å². The van der Waals surface area contributed by atoms with Crippen LogP contribution in [-0.2, 0) is 0 Å². The molecule has 0 aliphatic rings. The van der Waals surface area contributed by atoms with Gasteiger partial charge in [-0.2, -0.15) is 0 Å². The van der Waals surface area contributed by atoms with Gasteiger partial charge in [0.2, 0.25) is 0 Å². The summed E-state index contributed by atoms with van der Waals surface area (Å²) < 4.78 is 2.05. The van der Waals surface area contributed by atoms with Crippen LogP contribution >= 0.6 is 23.5 Å². The fraction of sp³-hybridized carbons (Fsp3) is 0.188. The van der Waals surface area contributed by atoms with Crippen LogP contribution in [0.15, 0.2) is 52.4 Å². The van der Waals surface area contributed by atoms with E-state index in [1.807, 2.05) is 31.5 Å². The Morgan fingerprint density at radius 1 is 1.10 bits per heavy atom. The van der Waals surface area contributed by atoms with Gasteiger partial charge in [0.05, 0.1) is 12.0 Å². The minimum atomic E-state index is 0.750. The van der Waals surface area contributed by atoms with Gasteiger partial charge in [0, 0.05) is 17.0 Å². The van der Waals surface area contributed by atoms with Crippen LogP contribution in [0, 0.1) is 13.8 Å². The van der Waals surface area contributed by atoms with Gasteiger partial charge in [-0.1, -0.05) is 29.3 Å². The lowest BCUT2D eigenvalue weighted by Crippen LogP contribution is -2.12. The molecule has 0 bridgehead atoms. The minimum absolute atomic E-state index is 0.750. The minimum Gasteiger partial charge on any atom is -0.278 e. The topological polar surface area (TPSA) is 15.6 Å². The second kappa shape index (κ2) is 6.82. The number of aryl methyl sites for hydroxylation is 2. The van der Waals surface area contributed by atoms with Crippen molar-refractivity contribution >= 4 is 35.6 Å². The van der Waals surface area contributed by atoms with E-state index in [0.717, 1.165) is 16.3 Å². The average molecular weight is 305 g/mol. The highest BCUT2D eigenvalue weighted by molar-refractivity contribution is 8.01. The van der Waals surface area contributed by atoms with E-state index in [9.17, 15) is 0 Å². The largest absolute Gasteiger partial charge is 0.278 e. The maximum absolute atomic E-state index is 6.02. The highest BCUT2D eigenvalue weighted by Gasteiger charge is 2.09.